The molecule has 0 aliphatic carbocycles. The number of imide groups is 1. The minimum atomic E-state index is -3.64. The van der Waals surface area contributed by atoms with Gasteiger partial charge in [-0.15, -0.1) is 11.8 Å². The molecule has 4 amide bonds. The van der Waals surface area contributed by atoms with Gasteiger partial charge in [0.2, 0.25) is 29.4 Å². The van der Waals surface area contributed by atoms with Crippen LogP contribution in [-0.2, 0) is 65.7 Å². The summed E-state index contributed by atoms with van der Waals surface area (Å²) in [6, 6.07) is 28.2. The fourth-order valence-electron chi connectivity index (χ4n) is 9.58. The molecule has 28 heteroatoms. The predicted molar refractivity (Wildman–Crippen MR) is 341 cm³/mol. The predicted octanol–water partition coefficient (Wildman–Crippen LogP) is 4.65. The van der Waals surface area contributed by atoms with Crippen molar-refractivity contribution in [3.8, 4) is 22.8 Å². The van der Waals surface area contributed by atoms with E-state index in [0.717, 1.165) is 35.3 Å². The second-order valence-electron chi connectivity index (χ2n) is 20.6. The summed E-state index contributed by atoms with van der Waals surface area (Å²) >= 11 is 5.86. The maximum Gasteiger partial charge on any atom is 0.321 e. The molecule has 2 aliphatic rings. The van der Waals surface area contributed by atoms with Gasteiger partial charge < -0.3 is 84.0 Å². The van der Waals surface area contributed by atoms with Crippen molar-refractivity contribution < 1.29 is 71.4 Å². The minimum Gasteiger partial charge on any atom is -0.504 e. The SMILES string of the molecule is N/C(=C\N(N)CCOCCOCCOCCOCCOCCN(N)/C1=C(\N)c2ccccc2N(C(=O)CCNC(=O)CCN2C(=O)CC(SCCCCCCOP(O)(O)=S)C2=O)Cc2ccccc21)COc1c(O)ccc2c(=O)cc(-c3ccccc3)oc12. The summed E-state index contributed by atoms with van der Waals surface area (Å²) in [5.74, 6) is 12.3. The Morgan fingerprint density at radius 3 is 2.10 bits per heavy atom. The molecule has 1 saturated heterocycles. The Kier molecular flexibility index (Phi) is 28.2. The van der Waals surface area contributed by atoms with Crippen LogP contribution in [0.25, 0.3) is 33.7 Å². The van der Waals surface area contributed by atoms with Crippen molar-refractivity contribution in [3.05, 3.63) is 136 Å². The first kappa shape index (κ1) is 69.5. The molecule has 12 N–H and O–H groups in total. The number of hydrogen-bond donors (Lipinski definition) is 8. The van der Waals surface area contributed by atoms with E-state index < -0.39 is 17.9 Å². The van der Waals surface area contributed by atoms with Gasteiger partial charge in [-0.05, 0) is 54.2 Å². The van der Waals surface area contributed by atoms with Crippen LogP contribution in [0.15, 0.2) is 118 Å². The highest BCUT2D eigenvalue weighted by atomic mass is 32.5. The summed E-state index contributed by atoms with van der Waals surface area (Å²) in [6.07, 6.45) is 4.50. The van der Waals surface area contributed by atoms with Crippen LogP contribution in [0, 0.1) is 0 Å². The zero-order chi connectivity index (χ0) is 63.5. The highest BCUT2D eigenvalue weighted by Crippen LogP contribution is 2.39. The Morgan fingerprint density at radius 2 is 1.40 bits per heavy atom. The summed E-state index contributed by atoms with van der Waals surface area (Å²) in [6.45, 7) is 0.501. The summed E-state index contributed by atoms with van der Waals surface area (Å²) in [7, 11) is 0. The molecule has 482 valence electrons. The van der Waals surface area contributed by atoms with E-state index in [1.807, 2.05) is 78.9 Å². The average Bonchev–Trinajstić information content (AvgIpc) is 1.57. The van der Waals surface area contributed by atoms with E-state index >= 15 is 0 Å². The molecule has 3 heterocycles. The van der Waals surface area contributed by atoms with E-state index in [0.29, 0.717) is 112 Å². The molecular formula is C61H80N9O16PS2. The monoisotopic (exact) mass is 1290 g/mol. The lowest BCUT2D eigenvalue weighted by molar-refractivity contribution is -0.138. The second kappa shape index (κ2) is 36.0. The molecule has 0 radical (unpaired) electrons. The van der Waals surface area contributed by atoms with Gasteiger partial charge in [0, 0.05) is 61.3 Å². The first-order valence-electron chi connectivity index (χ1n) is 29.3. The number of rotatable bonds is 39. The molecule has 5 aromatic rings. The Morgan fingerprint density at radius 1 is 0.775 bits per heavy atom. The molecule has 0 spiro atoms. The van der Waals surface area contributed by atoms with E-state index in [9.17, 15) is 29.1 Å². The van der Waals surface area contributed by atoms with Crippen LogP contribution in [0.2, 0.25) is 0 Å². The molecule has 25 nitrogen and oxygen atoms in total. The quantitative estimate of drug-likeness (QED) is 0.00872. The van der Waals surface area contributed by atoms with Crippen LogP contribution in [0.4, 0.5) is 5.69 Å². The molecule has 1 atom stereocenters. The second-order valence-corrected chi connectivity index (χ2v) is 24.5. The number of fused-ring (bicyclic) bond motifs is 3. The zero-order valence-electron chi connectivity index (χ0n) is 49.6. The third-order valence-corrected chi connectivity index (χ3v) is 16.2. The van der Waals surface area contributed by atoms with E-state index in [1.165, 1.54) is 41.2 Å². The van der Waals surface area contributed by atoms with Gasteiger partial charge in [-0.25, -0.2) is 11.7 Å². The highest BCUT2D eigenvalue weighted by Gasteiger charge is 2.38. The smallest absolute Gasteiger partial charge is 0.321 e. The first-order valence-corrected chi connectivity index (χ1v) is 32.9. The normalized spacial score (nSPS) is 15.2. The number of nitrogens with two attached hydrogens (primary N) is 4. The topological polar surface area (TPSA) is 353 Å². The molecule has 1 aromatic heterocycles. The van der Waals surface area contributed by atoms with E-state index in [2.05, 4.69) is 17.1 Å². The lowest BCUT2D eigenvalue weighted by atomic mass is 9.95. The van der Waals surface area contributed by atoms with Gasteiger partial charge in [-0.2, -0.15) is 0 Å². The number of para-hydroxylation sites is 1. The number of likely N-dealkylation sites (tertiary alicyclic amines) is 1. The van der Waals surface area contributed by atoms with Crippen molar-refractivity contribution in [3.63, 3.8) is 0 Å². The maximum absolute atomic E-state index is 14.0. The van der Waals surface area contributed by atoms with E-state index in [1.54, 1.807) is 9.91 Å². The van der Waals surface area contributed by atoms with Crippen LogP contribution in [-0.4, -0.2) is 170 Å². The van der Waals surface area contributed by atoms with E-state index in [-0.39, 0.29) is 117 Å². The van der Waals surface area contributed by atoms with Gasteiger partial charge in [-0.1, -0.05) is 85.6 Å². The third-order valence-electron chi connectivity index (χ3n) is 14.0. The Hall–Kier alpha value is -6.95. The van der Waals surface area contributed by atoms with Crippen LogP contribution in [0.5, 0.6) is 11.5 Å². The first-order chi connectivity index (χ1) is 43.0. The summed E-state index contributed by atoms with van der Waals surface area (Å²) in [5.41, 5.74) is 17.5. The standard InChI is InChI=1S/C61H80N9O16PS2/c62-45(42-84-60-50(71)19-18-48-51(72)38-52(86-59(48)60)43-12-4-3-5-13-43)41-67(64)24-27-79-29-31-81-33-35-83-36-34-82-32-30-80-28-25-70(65)58-46-15-7-6-14-44(46)40-69(49-17-9-8-16-47(49)57(58)63)55(74)20-22-66-54(73)21-23-68-56(75)39-53(61(68)76)89-37-11-2-1-10-26-85-87(77,78)88/h3-9,12-19,38,41,53,71H,1-2,10-11,20-37,39-40,42,62-65H2,(H,66,73)(H2,77,78,88)/b45-41-,58-57-. The number of ether oxygens (including phenoxy) is 6. The lowest BCUT2D eigenvalue weighted by Crippen LogP contribution is -2.39. The molecule has 0 bridgehead atoms. The summed E-state index contributed by atoms with van der Waals surface area (Å²) < 4.78 is 45.0. The fraction of sp³-hybridized carbons (Fsp3) is 0.426. The molecule has 4 aromatic carbocycles. The number of hydrazine groups is 2. The number of thioether (sulfide) groups is 1. The van der Waals surface area contributed by atoms with E-state index in [4.69, 9.17) is 70.3 Å². The largest absolute Gasteiger partial charge is 0.504 e. The molecule has 2 aliphatic heterocycles. The number of hydrogen-bond acceptors (Lipinski definition) is 22. The number of carbonyl (C=O) groups is 4. The van der Waals surface area contributed by atoms with Crippen molar-refractivity contribution in [1.82, 2.24) is 20.2 Å². The van der Waals surface area contributed by atoms with Gasteiger partial charge >= 0.3 is 6.72 Å². The molecule has 0 saturated carbocycles. The molecule has 1 unspecified atom stereocenters. The van der Waals surface area contributed by atoms with Crippen molar-refractivity contribution in [2.24, 2.45) is 23.2 Å². The summed E-state index contributed by atoms with van der Waals surface area (Å²) in [4.78, 5) is 86.7. The number of aromatic hydroxyl groups is 1. The molecule has 89 heavy (non-hydrogen) atoms. The van der Waals surface area contributed by atoms with Crippen molar-refractivity contribution in [2.45, 2.75) is 56.7 Å². The number of nitrogens with zero attached hydrogens (tertiary/aromatic N) is 4. The van der Waals surface area contributed by atoms with Crippen molar-refractivity contribution in [2.75, 3.05) is 116 Å². The fourth-order valence-corrected chi connectivity index (χ4v) is 11.4. The van der Waals surface area contributed by atoms with Crippen molar-refractivity contribution in [1.29, 1.82) is 0 Å². The Balaban J connectivity index is 0.729. The molecule has 7 rings (SSSR count). The summed E-state index contributed by atoms with van der Waals surface area (Å²) in [5, 5.41) is 16.0. The van der Waals surface area contributed by atoms with Gasteiger partial charge in [0.05, 0.1) is 126 Å². The van der Waals surface area contributed by atoms with Crippen LogP contribution >= 0.6 is 18.5 Å². The Bertz CT molecular complexity index is 3320. The lowest BCUT2D eigenvalue weighted by Gasteiger charge is -2.33. The number of nitrogens with one attached hydrogen (secondary N) is 1. The van der Waals surface area contributed by atoms with Gasteiger partial charge in [0.25, 0.3) is 0 Å². The highest BCUT2D eigenvalue weighted by molar-refractivity contribution is 8.06. The van der Waals surface area contributed by atoms with Gasteiger partial charge in [0.15, 0.2) is 16.8 Å². The van der Waals surface area contributed by atoms with Crippen LogP contribution in [0.1, 0.15) is 61.6 Å². The van der Waals surface area contributed by atoms with Gasteiger partial charge in [-0.3, -0.25) is 28.9 Å². The number of unbranched alkanes of at least 4 members (excludes halogenated alkanes) is 3. The minimum absolute atomic E-state index is 0.0159. The maximum atomic E-state index is 14.0. The van der Waals surface area contributed by atoms with Gasteiger partial charge in [0.1, 0.15) is 12.4 Å². The average molecular weight is 1290 g/mol. The third kappa shape index (κ3) is 21.9. The number of anilines is 1. The van der Waals surface area contributed by atoms with Crippen LogP contribution in [0.3, 0.4) is 0 Å². The van der Waals surface area contributed by atoms with Crippen LogP contribution < -0.4 is 43.5 Å². The zero-order valence-corrected chi connectivity index (χ0v) is 52.1. The number of carbonyl (C=O) groups excluding carboxylic acids is 4. The number of benzene rings is 4. The van der Waals surface area contributed by atoms with Crippen molar-refractivity contribution >= 4 is 82.0 Å². The molecule has 1 fully saturated rings. The number of amides is 4. The Labute approximate surface area is 525 Å². The molecular weight excluding hydrogens is 1210 g/mol. The number of phenolic OH excluding ortho intramolecular Hbond substituents is 1. The number of phenols is 1.